The number of urea groups is 1. The minimum atomic E-state index is -0.475. The van der Waals surface area contributed by atoms with Crippen LogP contribution < -0.4 is 5.32 Å². The topological polar surface area (TPSA) is 58.6 Å². The number of rotatable bonds is 3. The molecule has 0 aromatic heterocycles. The predicted molar refractivity (Wildman–Crippen MR) is 55.1 cm³/mol. The summed E-state index contributed by atoms with van der Waals surface area (Å²) in [5, 5.41) is 2.76. The van der Waals surface area contributed by atoms with Gasteiger partial charge in [0.15, 0.2) is 6.23 Å². The fourth-order valence-corrected chi connectivity index (χ4v) is 1.87. The fourth-order valence-electron chi connectivity index (χ4n) is 1.87. The van der Waals surface area contributed by atoms with Gasteiger partial charge in [0.25, 0.3) is 0 Å². The molecule has 3 amide bonds. The normalized spacial score (nSPS) is 25.9. The summed E-state index contributed by atoms with van der Waals surface area (Å²) in [6.07, 6.45) is 0.325. The van der Waals surface area contributed by atoms with E-state index in [1.807, 2.05) is 0 Å². The molecule has 5 heteroatoms. The van der Waals surface area contributed by atoms with Crippen molar-refractivity contribution in [3.63, 3.8) is 0 Å². The quantitative estimate of drug-likeness (QED) is 0.760. The summed E-state index contributed by atoms with van der Waals surface area (Å²) < 4.78 is 5.19. The third-order valence-electron chi connectivity index (χ3n) is 2.43. The molecular formula is C10H18N2O3. The van der Waals surface area contributed by atoms with Gasteiger partial charge in [-0.05, 0) is 12.3 Å². The highest BCUT2D eigenvalue weighted by Gasteiger charge is 2.41. The minimum Gasteiger partial charge on any atom is -0.359 e. The zero-order valence-electron chi connectivity index (χ0n) is 9.61. The average molecular weight is 214 g/mol. The molecule has 0 bridgehead atoms. The molecule has 0 unspecified atom stereocenters. The molecule has 2 atom stereocenters. The largest absolute Gasteiger partial charge is 0.359 e. The minimum absolute atomic E-state index is 0.105. The van der Waals surface area contributed by atoms with Gasteiger partial charge in [-0.1, -0.05) is 13.8 Å². The molecule has 0 saturated carbocycles. The summed E-state index contributed by atoms with van der Waals surface area (Å²) in [6.45, 7) is 5.49. The zero-order chi connectivity index (χ0) is 11.6. The summed E-state index contributed by atoms with van der Waals surface area (Å²) in [5.74, 6) is 0.158. The van der Waals surface area contributed by atoms with E-state index in [9.17, 15) is 9.59 Å². The lowest BCUT2D eigenvalue weighted by atomic mass is 10.0. The van der Waals surface area contributed by atoms with Crippen LogP contribution in [-0.2, 0) is 9.53 Å². The molecule has 15 heavy (non-hydrogen) atoms. The van der Waals surface area contributed by atoms with E-state index in [1.165, 1.54) is 14.0 Å². The Morgan fingerprint density at radius 1 is 1.60 bits per heavy atom. The van der Waals surface area contributed by atoms with E-state index in [0.29, 0.717) is 5.92 Å². The van der Waals surface area contributed by atoms with Crippen molar-refractivity contribution in [2.75, 3.05) is 7.11 Å². The average Bonchev–Trinajstić information content (AvgIpc) is 2.40. The van der Waals surface area contributed by atoms with Crippen LogP contribution in [-0.4, -0.2) is 36.2 Å². The molecule has 0 radical (unpaired) electrons. The number of carbonyl (C=O) groups is 2. The van der Waals surface area contributed by atoms with Crippen molar-refractivity contribution in [2.45, 2.75) is 39.5 Å². The van der Waals surface area contributed by atoms with Crippen LogP contribution in [0.2, 0.25) is 0 Å². The second-order valence-corrected chi connectivity index (χ2v) is 4.20. The molecule has 1 heterocycles. The summed E-state index contributed by atoms with van der Waals surface area (Å²) in [4.78, 5) is 23.9. The first-order valence-electron chi connectivity index (χ1n) is 5.10. The van der Waals surface area contributed by atoms with Crippen LogP contribution in [0.25, 0.3) is 0 Å². The van der Waals surface area contributed by atoms with E-state index in [4.69, 9.17) is 4.74 Å². The van der Waals surface area contributed by atoms with Crippen molar-refractivity contribution in [3.8, 4) is 0 Å². The number of amides is 3. The maximum atomic E-state index is 11.5. The second kappa shape index (κ2) is 4.61. The lowest BCUT2D eigenvalue weighted by Gasteiger charge is -2.23. The van der Waals surface area contributed by atoms with Crippen LogP contribution in [0.4, 0.5) is 4.79 Å². The molecular weight excluding hydrogens is 196 g/mol. The van der Waals surface area contributed by atoms with Crippen LogP contribution in [0, 0.1) is 5.92 Å². The van der Waals surface area contributed by atoms with E-state index >= 15 is 0 Å². The molecule has 0 spiro atoms. The highest BCUT2D eigenvalue weighted by molar-refractivity contribution is 5.95. The predicted octanol–water partition coefficient (Wildman–Crippen LogP) is 0.945. The molecule has 0 aliphatic carbocycles. The van der Waals surface area contributed by atoms with Gasteiger partial charge in [-0.3, -0.25) is 4.79 Å². The molecule has 1 saturated heterocycles. The molecule has 0 aromatic rings. The number of hydrogen-bond acceptors (Lipinski definition) is 3. The Labute approximate surface area is 89.8 Å². The highest BCUT2D eigenvalue weighted by atomic mass is 16.5. The molecule has 1 aliphatic heterocycles. The SMILES string of the molecule is CO[C@H]1[C@H](CC(C)C)NC(=O)N1C(C)=O. The lowest BCUT2D eigenvalue weighted by Crippen LogP contribution is -2.41. The third-order valence-corrected chi connectivity index (χ3v) is 2.43. The molecule has 86 valence electrons. The lowest BCUT2D eigenvalue weighted by molar-refractivity contribution is -0.134. The number of imide groups is 1. The third kappa shape index (κ3) is 2.47. The summed E-state index contributed by atoms with van der Waals surface area (Å²) in [6, 6.07) is -0.466. The van der Waals surface area contributed by atoms with Crippen molar-refractivity contribution in [1.29, 1.82) is 0 Å². The Kier molecular flexibility index (Phi) is 3.68. The maximum Gasteiger partial charge on any atom is 0.326 e. The van der Waals surface area contributed by atoms with E-state index in [1.54, 1.807) is 0 Å². The highest BCUT2D eigenvalue weighted by Crippen LogP contribution is 2.20. The number of hydrogen-bond donors (Lipinski definition) is 1. The number of carbonyl (C=O) groups excluding carboxylic acids is 2. The Hall–Kier alpha value is -1.10. The Balaban J connectivity index is 2.77. The monoisotopic (exact) mass is 214 g/mol. The summed E-state index contributed by atoms with van der Waals surface area (Å²) in [7, 11) is 1.51. The molecule has 0 aromatic carbocycles. The van der Waals surface area contributed by atoms with Gasteiger partial charge in [0.05, 0.1) is 6.04 Å². The molecule has 1 rings (SSSR count). The van der Waals surface area contributed by atoms with Gasteiger partial charge in [0.1, 0.15) is 0 Å². The van der Waals surface area contributed by atoms with Crippen molar-refractivity contribution in [3.05, 3.63) is 0 Å². The van der Waals surface area contributed by atoms with Gasteiger partial charge >= 0.3 is 6.03 Å². The van der Waals surface area contributed by atoms with Crippen LogP contribution in [0.5, 0.6) is 0 Å². The van der Waals surface area contributed by atoms with E-state index in [-0.39, 0.29) is 18.0 Å². The van der Waals surface area contributed by atoms with Gasteiger partial charge in [-0.15, -0.1) is 0 Å². The van der Waals surface area contributed by atoms with Gasteiger partial charge in [-0.25, -0.2) is 9.69 Å². The number of nitrogens with zero attached hydrogens (tertiary/aromatic N) is 1. The van der Waals surface area contributed by atoms with E-state index in [0.717, 1.165) is 11.3 Å². The van der Waals surface area contributed by atoms with Crippen molar-refractivity contribution < 1.29 is 14.3 Å². The van der Waals surface area contributed by atoms with Crippen molar-refractivity contribution in [1.82, 2.24) is 10.2 Å². The molecule has 1 N–H and O–H groups in total. The van der Waals surface area contributed by atoms with Crippen molar-refractivity contribution in [2.24, 2.45) is 5.92 Å². The molecule has 1 fully saturated rings. The Bertz CT molecular complexity index is 265. The Morgan fingerprint density at radius 2 is 2.20 bits per heavy atom. The van der Waals surface area contributed by atoms with Gasteiger partial charge in [0.2, 0.25) is 5.91 Å². The van der Waals surface area contributed by atoms with Gasteiger partial charge < -0.3 is 10.1 Å². The summed E-state index contributed by atoms with van der Waals surface area (Å²) in [5.41, 5.74) is 0. The first-order valence-corrected chi connectivity index (χ1v) is 5.10. The van der Waals surface area contributed by atoms with E-state index in [2.05, 4.69) is 19.2 Å². The van der Waals surface area contributed by atoms with Crippen LogP contribution in [0.3, 0.4) is 0 Å². The van der Waals surface area contributed by atoms with E-state index < -0.39 is 6.23 Å². The Morgan fingerprint density at radius 3 is 2.60 bits per heavy atom. The standard InChI is InChI=1S/C10H18N2O3/c1-6(2)5-8-9(15-4)12(7(3)13)10(14)11-8/h6,8-9H,5H2,1-4H3,(H,11,14)/t8-,9-/m0/s1. The van der Waals surface area contributed by atoms with Crippen LogP contribution in [0.15, 0.2) is 0 Å². The maximum absolute atomic E-state index is 11.5. The smallest absolute Gasteiger partial charge is 0.326 e. The summed E-state index contributed by atoms with van der Waals surface area (Å²) >= 11 is 0. The molecule has 1 aliphatic rings. The van der Waals surface area contributed by atoms with Crippen LogP contribution in [0.1, 0.15) is 27.2 Å². The van der Waals surface area contributed by atoms with Gasteiger partial charge in [-0.2, -0.15) is 0 Å². The number of methoxy groups -OCH3 is 1. The number of nitrogens with one attached hydrogen (secondary N) is 1. The second-order valence-electron chi connectivity index (χ2n) is 4.20. The first-order chi connectivity index (χ1) is 6.97. The fraction of sp³-hybridized carbons (Fsp3) is 0.800. The first kappa shape index (κ1) is 12.0. The van der Waals surface area contributed by atoms with Crippen molar-refractivity contribution >= 4 is 11.9 Å². The molecule has 5 nitrogen and oxygen atoms in total. The van der Waals surface area contributed by atoms with Crippen LogP contribution >= 0.6 is 0 Å². The zero-order valence-corrected chi connectivity index (χ0v) is 9.61. The van der Waals surface area contributed by atoms with Gasteiger partial charge in [0, 0.05) is 14.0 Å². The number of ether oxygens (including phenoxy) is 1.